The van der Waals surface area contributed by atoms with Crippen molar-refractivity contribution >= 4 is 23.9 Å². The lowest BCUT2D eigenvalue weighted by Gasteiger charge is -2.29. The van der Waals surface area contributed by atoms with E-state index in [1.54, 1.807) is 0 Å². The van der Waals surface area contributed by atoms with Gasteiger partial charge in [0.15, 0.2) is 18.8 Å². The third-order valence-electron chi connectivity index (χ3n) is 5.00. The van der Waals surface area contributed by atoms with Gasteiger partial charge in [-0.25, -0.2) is 9.59 Å². The van der Waals surface area contributed by atoms with Gasteiger partial charge in [-0.05, 0) is 0 Å². The first-order valence-electron chi connectivity index (χ1n) is 8.70. The highest BCUT2D eigenvalue weighted by Crippen LogP contribution is 2.51. The molecule has 4 fully saturated rings. The number of carbonyl (C=O) groups is 4. The first kappa shape index (κ1) is 18.8. The fourth-order valence-electron chi connectivity index (χ4n) is 3.89. The topological polar surface area (TPSA) is 133 Å². The van der Waals surface area contributed by atoms with E-state index in [-0.39, 0.29) is 20.0 Å². The molecule has 0 spiro atoms. The summed E-state index contributed by atoms with van der Waals surface area (Å²) in [6.07, 6.45) is -3.12. The average molecular weight is 398 g/mol. The molecule has 152 valence electrons. The van der Waals surface area contributed by atoms with Gasteiger partial charge >= 0.3 is 23.9 Å². The van der Waals surface area contributed by atoms with Gasteiger partial charge in [0.05, 0.1) is 13.2 Å². The molecule has 2 bridgehead atoms. The molecule has 4 saturated heterocycles. The van der Waals surface area contributed by atoms with Gasteiger partial charge in [-0.3, -0.25) is 9.59 Å². The van der Waals surface area contributed by atoms with Gasteiger partial charge in [-0.2, -0.15) is 0 Å². The normalized spacial score (nSPS) is 35.9. The lowest BCUT2D eigenvalue weighted by molar-refractivity contribution is -0.190. The minimum absolute atomic E-state index is 0.121. The van der Waals surface area contributed by atoms with Crippen molar-refractivity contribution < 1.29 is 52.3 Å². The third-order valence-corrected chi connectivity index (χ3v) is 5.00. The summed E-state index contributed by atoms with van der Waals surface area (Å²) in [4.78, 5) is 47.9. The molecular weight excluding hydrogens is 380 g/mol. The Hall–Kier alpha value is -2.50. The van der Waals surface area contributed by atoms with Crippen LogP contribution in [0.3, 0.4) is 0 Å². The molecule has 6 unspecified atom stereocenters. The van der Waals surface area contributed by atoms with Crippen molar-refractivity contribution in [1.29, 1.82) is 0 Å². The summed E-state index contributed by atoms with van der Waals surface area (Å²) in [6, 6.07) is 0. The van der Waals surface area contributed by atoms with Crippen LogP contribution in [0, 0.1) is 11.8 Å². The quantitative estimate of drug-likeness (QED) is 0.293. The number of hydrogen-bond acceptors (Lipinski definition) is 11. The van der Waals surface area contributed by atoms with Gasteiger partial charge in [-0.15, -0.1) is 0 Å². The summed E-state index contributed by atoms with van der Waals surface area (Å²) < 4.78 is 36.4. The molecule has 0 aromatic carbocycles. The molecule has 4 heterocycles. The van der Waals surface area contributed by atoms with Crippen LogP contribution in [0.1, 0.15) is 0 Å². The maximum Gasteiger partial charge on any atom is 0.344 e. The van der Waals surface area contributed by atoms with Crippen LogP contribution >= 0.6 is 0 Å². The van der Waals surface area contributed by atoms with Crippen molar-refractivity contribution in [2.75, 3.05) is 26.6 Å². The predicted molar refractivity (Wildman–Crippen MR) is 83.2 cm³/mol. The standard InChI is InChI=1S/C17H18O11/c1-2-8(18)24-5-9(19)26-14-12-10(11-13(27-12)15(14)28-17(11)21)16(20)25-7-3-22-6-23-4-7/h2,7,10-15H,1,3-6H2. The Bertz CT molecular complexity index is 697. The zero-order chi connectivity index (χ0) is 19.8. The first-order chi connectivity index (χ1) is 13.5. The zero-order valence-electron chi connectivity index (χ0n) is 14.6. The van der Waals surface area contributed by atoms with Gasteiger partial charge in [0.25, 0.3) is 0 Å². The number of fused-ring (bicyclic) bond motifs is 1. The minimum atomic E-state index is -1.00. The maximum atomic E-state index is 12.7. The van der Waals surface area contributed by atoms with Gasteiger partial charge in [0.1, 0.15) is 36.9 Å². The molecule has 4 rings (SSSR count). The second kappa shape index (κ2) is 7.49. The Morgan fingerprint density at radius 1 is 1.11 bits per heavy atom. The van der Waals surface area contributed by atoms with Crippen LogP contribution in [0.15, 0.2) is 12.7 Å². The number of esters is 4. The Morgan fingerprint density at radius 3 is 2.57 bits per heavy atom. The molecule has 4 aliphatic heterocycles. The van der Waals surface area contributed by atoms with E-state index in [9.17, 15) is 19.2 Å². The molecule has 0 N–H and O–H groups in total. The van der Waals surface area contributed by atoms with Gasteiger partial charge < -0.3 is 33.2 Å². The van der Waals surface area contributed by atoms with Crippen LogP contribution < -0.4 is 0 Å². The van der Waals surface area contributed by atoms with E-state index in [2.05, 4.69) is 11.3 Å². The van der Waals surface area contributed by atoms with Crippen LogP contribution in [0.25, 0.3) is 0 Å². The number of ether oxygens (including phenoxy) is 7. The smallest absolute Gasteiger partial charge is 0.344 e. The summed E-state index contributed by atoms with van der Waals surface area (Å²) in [5.41, 5.74) is 0. The zero-order valence-corrected chi connectivity index (χ0v) is 14.6. The minimum Gasteiger partial charge on any atom is -0.457 e. The molecule has 6 atom stereocenters. The van der Waals surface area contributed by atoms with E-state index in [1.165, 1.54) is 0 Å². The Morgan fingerprint density at radius 2 is 1.86 bits per heavy atom. The van der Waals surface area contributed by atoms with Crippen LogP contribution in [0.2, 0.25) is 0 Å². The van der Waals surface area contributed by atoms with E-state index in [1.807, 2.05) is 0 Å². The second-order valence-electron chi connectivity index (χ2n) is 6.70. The van der Waals surface area contributed by atoms with Gasteiger partial charge in [0.2, 0.25) is 0 Å². The van der Waals surface area contributed by atoms with Crippen molar-refractivity contribution in [2.45, 2.75) is 30.5 Å². The fraction of sp³-hybridized carbons (Fsp3) is 0.647. The summed E-state index contributed by atoms with van der Waals surface area (Å²) in [7, 11) is 0. The highest BCUT2D eigenvalue weighted by Gasteiger charge is 2.72. The molecule has 11 heteroatoms. The fourth-order valence-corrected chi connectivity index (χ4v) is 3.89. The molecule has 28 heavy (non-hydrogen) atoms. The SMILES string of the molecule is C=CC(=O)OCC(=O)OC1C2OC(=O)C3C2OC1C3C(=O)OC1COCOC1. The lowest BCUT2D eigenvalue weighted by atomic mass is 9.78. The Labute approximate surface area is 158 Å². The molecule has 4 aliphatic rings. The Balaban J connectivity index is 1.43. The highest BCUT2D eigenvalue weighted by molar-refractivity contribution is 5.87. The molecule has 0 aromatic heterocycles. The predicted octanol–water partition coefficient (Wildman–Crippen LogP) is -1.52. The molecule has 0 aromatic rings. The molecule has 11 nitrogen and oxygen atoms in total. The summed E-state index contributed by atoms with van der Waals surface area (Å²) in [6.45, 7) is 3.05. The monoisotopic (exact) mass is 398 g/mol. The van der Waals surface area contributed by atoms with Crippen molar-refractivity contribution in [1.82, 2.24) is 0 Å². The van der Waals surface area contributed by atoms with Crippen molar-refractivity contribution in [3.05, 3.63) is 12.7 Å². The van der Waals surface area contributed by atoms with E-state index in [4.69, 9.17) is 28.4 Å². The van der Waals surface area contributed by atoms with Crippen LogP contribution in [0.4, 0.5) is 0 Å². The van der Waals surface area contributed by atoms with Crippen LogP contribution in [-0.4, -0.2) is 81.0 Å². The van der Waals surface area contributed by atoms with E-state index in [0.717, 1.165) is 6.08 Å². The van der Waals surface area contributed by atoms with Gasteiger partial charge in [-0.1, -0.05) is 6.58 Å². The molecule has 0 amide bonds. The largest absolute Gasteiger partial charge is 0.457 e. The molecule has 0 radical (unpaired) electrons. The lowest BCUT2D eigenvalue weighted by Crippen LogP contribution is -2.49. The summed E-state index contributed by atoms with van der Waals surface area (Å²) >= 11 is 0. The Kier molecular flexibility index (Phi) is 5.04. The molecular formula is C17H18O11. The maximum absolute atomic E-state index is 12.7. The number of rotatable bonds is 6. The van der Waals surface area contributed by atoms with Crippen LogP contribution in [-0.2, 0) is 52.3 Å². The van der Waals surface area contributed by atoms with Crippen molar-refractivity contribution in [3.63, 3.8) is 0 Å². The van der Waals surface area contributed by atoms with Gasteiger partial charge in [0, 0.05) is 6.08 Å². The molecule has 0 aliphatic carbocycles. The van der Waals surface area contributed by atoms with Crippen molar-refractivity contribution in [2.24, 2.45) is 11.8 Å². The third kappa shape index (κ3) is 3.25. The first-order valence-corrected chi connectivity index (χ1v) is 8.70. The second-order valence-corrected chi connectivity index (χ2v) is 6.70. The molecule has 0 saturated carbocycles. The highest BCUT2D eigenvalue weighted by atomic mass is 16.7. The number of hydrogen-bond donors (Lipinski definition) is 0. The van der Waals surface area contributed by atoms with Crippen LogP contribution in [0.5, 0.6) is 0 Å². The van der Waals surface area contributed by atoms with E-state index in [0.29, 0.717) is 0 Å². The summed E-state index contributed by atoms with van der Waals surface area (Å²) in [5, 5.41) is 0. The summed E-state index contributed by atoms with van der Waals surface area (Å²) in [5.74, 6) is -4.72. The number of carbonyl (C=O) groups excluding carboxylic acids is 4. The van der Waals surface area contributed by atoms with E-state index < -0.39 is 72.8 Å². The van der Waals surface area contributed by atoms with E-state index >= 15 is 0 Å². The van der Waals surface area contributed by atoms with Crippen molar-refractivity contribution in [3.8, 4) is 0 Å². The average Bonchev–Trinajstić information content (AvgIpc) is 3.30.